The lowest BCUT2D eigenvalue weighted by Gasteiger charge is -2.12. The van der Waals surface area contributed by atoms with Gasteiger partial charge < -0.3 is 15.4 Å². The predicted octanol–water partition coefficient (Wildman–Crippen LogP) is 4.42. The van der Waals surface area contributed by atoms with E-state index in [1.807, 2.05) is 36.4 Å². The number of nitrogens with one attached hydrogen (secondary N) is 2. The molecule has 4 aromatic rings. The average molecular weight is 509 g/mol. The quantitative estimate of drug-likeness (QED) is 0.359. The largest absolute Gasteiger partial charge is 0.396 e. The van der Waals surface area contributed by atoms with Gasteiger partial charge in [-0.15, -0.1) is 0 Å². The van der Waals surface area contributed by atoms with Crippen molar-refractivity contribution in [2.24, 2.45) is 4.99 Å². The Balaban J connectivity index is 1.67. The number of aromatic nitrogens is 2. The molecular formula is C26H22Cl2N4O3. The number of benzene rings is 3. The SMILES string of the molecule is O=C1Nc2ccc(Cl)cc2C(c2ccc3[nH]c(=O)n(CCCO)c3c2)=NC1Cc1ccccc1Cl. The highest BCUT2D eigenvalue weighted by atomic mass is 35.5. The third-order valence-electron chi connectivity index (χ3n) is 6.04. The van der Waals surface area contributed by atoms with E-state index in [4.69, 9.17) is 28.2 Å². The van der Waals surface area contributed by atoms with Crippen LogP contribution in [0.15, 0.2) is 70.5 Å². The summed E-state index contributed by atoms with van der Waals surface area (Å²) in [6.07, 6.45) is 0.777. The molecule has 0 saturated heterocycles. The lowest BCUT2D eigenvalue weighted by molar-refractivity contribution is -0.117. The van der Waals surface area contributed by atoms with Gasteiger partial charge in [0.2, 0.25) is 5.91 Å². The number of benzodiazepines with no additional fused rings is 1. The Labute approximate surface area is 211 Å². The first-order valence-electron chi connectivity index (χ1n) is 11.2. The maximum absolute atomic E-state index is 13.2. The summed E-state index contributed by atoms with van der Waals surface area (Å²) in [5.74, 6) is -0.244. The Bertz CT molecular complexity index is 1520. The van der Waals surface area contributed by atoms with Gasteiger partial charge in [-0.05, 0) is 48.4 Å². The van der Waals surface area contributed by atoms with E-state index in [9.17, 15) is 14.7 Å². The third kappa shape index (κ3) is 4.62. The zero-order valence-electron chi connectivity index (χ0n) is 18.6. The fraction of sp³-hybridized carbons (Fsp3) is 0.192. The van der Waals surface area contributed by atoms with Gasteiger partial charge in [0.15, 0.2) is 0 Å². The second-order valence-corrected chi connectivity index (χ2v) is 9.20. The van der Waals surface area contributed by atoms with Gasteiger partial charge in [-0.1, -0.05) is 47.5 Å². The van der Waals surface area contributed by atoms with E-state index >= 15 is 0 Å². The summed E-state index contributed by atoms with van der Waals surface area (Å²) in [5, 5.41) is 13.3. The highest BCUT2D eigenvalue weighted by Gasteiger charge is 2.27. The number of fused-ring (bicyclic) bond motifs is 2. The normalized spacial score (nSPS) is 15.5. The van der Waals surface area contributed by atoms with Gasteiger partial charge in [-0.25, -0.2) is 4.79 Å². The van der Waals surface area contributed by atoms with Crippen molar-refractivity contribution >= 4 is 51.5 Å². The first kappa shape index (κ1) is 23.4. The van der Waals surface area contributed by atoms with Crippen LogP contribution in [0.3, 0.4) is 0 Å². The number of anilines is 1. The number of halogens is 2. The number of H-pyrrole nitrogens is 1. The number of hydrogen-bond donors (Lipinski definition) is 3. The van der Waals surface area contributed by atoms with Gasteiger partial charge >= 0.3 is 5.69 Å². The Hall–Kier alpha value is -3.39. The summed E-state index contributed by atoms with van der Waals surface area (Å²) >= 11 is 12.7. The summed E-state index contributed by atoms with van der Waals surface area (Å²) < 4.78 is 1.59. The number of rotatable bonds is 6. The van der Waals surface area contributed by atoms with E-state index in [0.29, 0.717) is 57.4 Å². The molecule has 1 atom stereocenters. The molecule has 35 heavy (non-hydrogen) atoms. The van der Waals surface area contributed by atoms with Crippen LogP contribution in [-0.2, 0) is 17.8 Å². The number of aliphatic imine (C=N–C) groups is 1. The van der Waals surface area contributed by atoms with Crippen LogP contribution in [0.2, 0.25) is 10.0 Å². The van der Waals surface area contributed by atoms with E-state index < -0.39 is 6.04 Å². The van der Waals surface area contributed by atoms with Crippen LogP contribution in [0.1, 0.15) is 23.1 Å². The highest BCUT2D eigenvalue weighted by Crippen LogP contribution is 2.29. The first-order chi connectivity index (χ1) is 16.9. The van der Waals surface area contributed by atoms with Crippen molar-refractivity contribution in [1.29, 1.82) is 0 Å². The number of imidazole rings is 1. The lowest BCUT2D eigenvalue weighted by Crippen LogP contribution is -2.27. The Morgan fingerprint density at radius 3 is 2.66 bits per heavy atom. The molecule has 5 rings (SSSR count). The van der Waals surface area contributed by atoms with E-state index in [1.54, 1.807) is 28.8 Å². The Morgan fingerprint density at radius 2 is 1.86 bits per heavy atom. The van der Waals surface area contributed by atoms with E-state index in [-0.39, 0.29) is 18.2 Å². The molecule has 7 nitrogen and oxygen atoms in total. The summed E-state index contributed by atoms with van der Waals surface area (Å²) in [6, 6.07) is 17.5. The minimum atomic E-state index is -0.727. The molecule has 178 valence electrons. The molecular weight excluding hydrogens is 487 g/mol. The minimum Gasteiger partial charge on any atom is -0.396 e. The van der Waals surface area contributed by atoms with Crippen molar-refractivity contribution in [3.63, 3.8) is 0 Å². The number of aromatic amines is 1. The van der Waals surface area contributed by atoms with E-state index in [1.165, 1.54) is 0 Å². The smallest absolute Gasteiger partial charge is 0.326 e. The number of carbonyl (C=O) groups excluding carboxylic acids is 1. The van der Waals surface area contributed by atoms with Gasteiger partial charge in [-0.3, -0.25) is 14.4 Å². The third-order valence-corrected chi connectivity index (χ3v) is 6.65. The van der Waals surface area contributed by atoms with Crippen molar-refractivity contribution in [2.75, 3.05) is 11.9 Å². The lowest BCUT2D eigenvalue weighted by atomic mass is 9.99. The molecule has 0 fully saturated rings. The van der Waals surface area contributed by atoms with Gasteiger partial charge in [0.05, 0.1) is 22.4 Å². The van der Waals surface area contributed by atoms with Crippen molar-refractivity contribution in [3.8, 4) is 0 Å². The summed E-state index contributed by atoms with van der Waals surface area (Å²) in [5.41, 5.74) is 4.56. The molecule has 0 bridgehead atoms. The molecule has 0 saturated carbocycles. The fourth-order valence-corrected chi connectivity index (χ4v) is 4.70. The highest BCUT2D eigenvalue weighted by molar-refractivity contribution is 6.32. The van der Waals surface area contributed by atoms with Crippen LogP contribution in [0.4, 0.5) is 5.69 Å². The van der Waals surface area contributed by atoms with Crippen LogP contribution < -0.4 is 11.0 Å². The second-order valence-electron chi connectivity index (χ2n) is 8.36. The summed E-state index contributed by atoms with van der Waals surface area (Å²) in [6.45, 7) is 0.359. The molecule has 1 amide bonds. The van der Waals surface area contributed by atoms with Crippen molar-refractivity contribution < 1.29 is 9.90 Å². The first-order valence-corrected chi connectivity index (χ1v) is 12.0. The Morgan fingerprint density at radius 1 is 1.03 bits per heavy atom. The van der Waals surface area contributed by atoms with E-state index in [0.717, 1.165) is 11.1 Å². The number of hydrogen-bond acceptors (Lipinski definition) is 4. The zero-order chi connectivity index (χ0) is 24.5. The van der Waals surface area contributed by atoms with Crippen LogP contribution in [0.5, 0.6) is 0 Å². The van der Waals surface area contributed by atoms with Crippen molar-refractivity contribution in [1.82, 2.24) is 9.55 Å². The number of aliphatic hydroxyl groups is 1. The molecule has 3 N–H and O–H groups in total. The van der Waals surface area contributed by atoms with Crippen LogP contribution >= 0.6 is 23.2 Å². The molecule has 1 aliphatic rings. The number of aryl methyl sites for hydroxylation is 1. The number of aliphatic hydroxyl groups excluding tert-OH is 1. The molecule has 1 unspecified atom stereocenters. The monoisotopic (exact) mass is 508 g/mol. The fourth-order valence-electron chi connectivity index (χ4n) is 4.31. The Kier molecular flexibility index (Phi) is 6.47. The van der Waals surface area contributed by atoms with Crippen molar-refractivity contribution in [3.05, 3.63) is 97.9 Å². The molecule has 0 radical (unpaired) electrons. The van der Waals surface area contributed by atoms with Crippen LogP contribution in [-0.4, -0.2) is 38.9 Å². The summed E-state index contributed by atoms with van der Waals surface area (Å²) in [7, 11) is 0. The molecule has 3 aromatic carbocycles. The van der Waals surface area contributed by atoms with Gasteiger partial charge in [0.1, 0.15) is 6.04 Å². The minimum absolute atomic E-state index is 0.0190. The molecule has 1 aromatic heterocycles. The van der Waals surface area contributed by atoms with Gasteiger partial charge in [0, 0.05) is 40.7 Å². The second kappa shape index (κ2) is 9.70. The maximum atomic E-state index is 13.2. The molecule has 1 aliphatic heterocycles. The standard InChI is InChI=1S/C26H22Cl2N4O3/c27-17-7-9-20-18(14-17)24(29-22(25(34)30-20)12-15-4-1-2-5-19(15)28)16-6-8-21-23(13-16)32(10-3-11-33)26(35)31-21/h1-2,4-9,13-14,22,33H,3,10-12H2,(H,30,34)(H,31,35). The molecule has 0 spiro atoms. The predicted molar refractivity (Wildman–Crippen MR) is 139 cm³/mol. The number of amides is 1. The van der Waals surface area contributed by atoms with Crippen LogP contribution in [0, 0.1) is 0 Å². The van der Waals surface area contributed by atoms with Crippen LogP contribution in [0.25, 0.3) is 11.0 Å². The number of carbonyl (C=O) groups is 1. The maximum Gasteiger partial charge on any atom is 0.326 e. The van der Waals surface area contributed by atoms with Crippen molar-refractivity contribution in [2.45, 2.75) is 25.4 Å². The van der Waals surface area contributed by atoms with Gasteiger partial charge in [-0.2, -0.15) is 0 Å². The molecule has 9 heteroatoms. The molecule has 0 aliphatic carbocycles. The molecule has 2 heterocycles. The zero-order valence-corrected chi connectivity index (χ0v) is 20.1. The number of nitrogens with zero attached hydrogens (tertiary/aromatic N) is 2. The topological polar surface area (TPSA) is 99.5 Å². The van der Waals surface area contributed by atoms with E-state index in [2.05, 4.69) is 10.3 Å². The van der Waals surface area contributed by atoms with Gasteiger partial charge in [0.25, 0.3) is 0 Å². The summed E-state index contributed by atoms with van der Waals surface area (Å²) in [4.78, 5) is 33.4. The average Bonchev–Trinajstić information content (AvgIpc) is 3.09.